The fourth-order valence-corrected chi connectivity index (χ4v) is 4.83. The molecular weight excluding hydrogens is 466 g/mol. The van der Waals surface area contributed by atoms with Crippen LogP contribution in [0.25, 0.3) is 0 Å². The number of ether oxygens (including phenoxy) is 1. The van der Waals surface area contributed by atoms with Crippen molar-refractivity contribution in [2.45, 2.75) is 19.3 Å². The number of nitrogens with one attached hydrogen (secondary N) is 2. The fourth-order valence-electron chi connectivity index (χ4n) is 4.16. The third kappa shape index (κ3) is 5.90. The van der Waals surface area contributed by atoms with Crippen LogP contribution in [0.15, 0.2) is 71.2 Å². The standard InChI is InChI=1S/C26H28BrN3O2/c1-30(2)17-18-8-9-19-15-21(16-25(27)24(19)14-18)29-26(31)28-20-10-12-23(13-11-20)32-22-6-4-3-5-7-22/h3-7,10-13,15-16,18H,8-9,14,17H2,1-2H3,(H2,28,29,31). The molecule has 0 heterocycles. The summed E-state index contributed by atoms with van der Waals surface area (Å²) in [5.41, 5.74) is 4.17. The van der Waals surface area contributed by atoms with Crippen molar-refractivity contribution < 1.29 is 9.53 Å². The number of para-hydroxylation sites is 1. The Bertz CT molecular complexity index is 1070. The van der Waals surface area contributed by atoms with Crippen LogP contribution >= 0.6 is 15.9 Å². The second-order valence-electron chi connectivity index (χ2n) is 8.49. The molecule has 32 heavy (non-hydrogen) atoms. The Kier molecular flexibility index (Phi) is 7.12. The zero-order valence-corrected chi connectivity index (χ0v) is 20.0. The second-order valence-corrected chi connectivity index (χ2v) is 9.34. The van der Waals surface area contributed by atoms with Gasteiger partial charge < -0.3 is 20.3 Å². The normalized spacial score (nSPS) is 15.2. The van der Waals surface area contributed by atoms with Crippen LogP contribution in [-0.4, -0.2) is 31.6 Å². The van der Waals surface area contributed by atoms with Gasteiger partial charge in [0.25, 0.3) is 0 Å². The molecule has 3 aromatic carbocycles. The smallest absolute Gasteiger partial charge is 0.323 e. The van der Waals surface area contributed by atoms with Crippen molar-refractivity contribution >= 4 is 33.3 Å². The summed E-state index contributed by atoms with van der Waals surface area (Å²) in [4.78, 5) is 14.8. The number of aryl methyl sites for hydroxylation is 1. The molecule has 1 aliphatic rings. The van der Waals surface area contributed by atoms with Gasteiger partial charge in [0.2, 0.25) is 0 Å². The Balaban J connectivity index is 1.36. The Morgan fingerprint density at radius 3 is 2.41 bits per heavy atom. The lowest BCUT2D eigenvalue weighted by Gasteiger charge is -2.28. The first-order chi connectivity index (χ1) is 15.5. The van der Waals surface area contributed by atoms with Gasteiger partial charge in [-0.2, -0.15) is 0 Å². The lowest BCUT2D eigenvalue weighted by atomic mass is 9.83. The van der Waals surface area contributed by atoms with Crippen LogP contribution in [0.5, 0.6) is 11.5 Å². The first-order valence-corrected chi connectivity index (χ1v) is 11.6. The number of amides is 2. The van der Waals surface area contributed by atoms with Crippen LogP contribution in [0, 0.1) is 5.92 Å². The number of nitrogens with zero attached hydrogens (tertiary/aromatic N) is 1. The molecule has 3 aromatic rings. The molecule has 1 unspecified atom stereocenters. The van der Waals surface area contributed by atoms with Gasteiger partial charge in [-0.25, -0.2) is 4.79 Å². The van der Waals surface area contributed by atoms with Crippen molar-refractivity contribution in [3.05, 3.63) is 82.3 Å². The van der Waals surface area contributed by atoms with Crippen molar-refractivity contribution in [3.8, 4) is 11.5 Å². The highest BCUT2D eigenvalue weighted by atomic mass is 79.9. The first-order valence-electron chi connectivity index (χ1n) is 10.8. The maximum absolute atomic E-state index is 12.5. The molecule has 0 saturated carbocycles. The average molecular weight is 494 g/mol. The molecule has 2 amide bonds. The fraction of sp³-hybridized carbons (Fsp3) is 0.269. The number of halogens is 1. The number of hydrogen-bond donors (Lipinski definition) is 2. The number of carbonyl (C=O) groups is 1. The van der Waals surface area contributed by atoms with Crippen molar-refractivity contribution in [1.29, 1.82) is 0 Å². The summed E-state index contributed by atoms with van der Waals surface area (Å²) in [6.07, 6.45) is 3.27. The second kappa shape index (κ2) is 10.2. The number of fused-ring (bicyclic) bond motifs is 1. The molecule has 5 nitrogen and oxygen atoms in total. The predicted molar refractivity (Wildman–Crippen MR) is 134 cm³/mol. The van der Waals surface area contributed by atoms with E-state index in [4.69, 9.17) is 4.74 Å². The molecule has 0 aromatic heterocycles. The van der Waals surface area contributed by atoms with Gasteiger partial charge in [-0.15, -0.1) is 0 Å². The SMILES string of the molecule is CN(C)CC1CCc2cc(NC(=O)Nc3ccc(Oc4ccccc4)cc3)cc(Br)c2C1. The van der Waals surface area contributed by atoms with E-state index >= 15 is 0 Å². The maximum atomic E-state index is 12.5. The van der Waals surface area contributed by atoms with Gasteiger partial charge in [-0.3, -0.25) is 0 Å². The van der Waals surface area contributed by atoms with Gasteiger partial charge in [0.1, 0.15) is 11.5 Å². The summed E-state index contributed by atoms with van der Waals surface area (Å²) < 4.78 is 6.86. The Morgan fingerprint density at radius 2 is 1.69 bits per heavy atom. The molecule has 0 aliphatic heterocycles. The van der Waals surface area contributed by atoms with Crippen molar-refractivity contribution in [2.24, 2.45) is 5.92 Å². The van der Waals surface area contributed by atoms with Gasteiger partial charge in [-0.1, -0.05) is 34.1 Å². The Labute approximate surface area is 197 Å². The predicted octanol–water partition coefficient (Wildman–Crippen LogP) is 6.55. The van der Waals surface area contributed by atoms with Gasteiger partial charge in [0, 0.05) is 22.4 Å². The van der Waals surface area contributed by atoms with Crippen molar-refractivity contribution in [1.82, 2.24) is 4.90 Å². The van der Waals surface area contributed by atoms with Gasteiger partial charge in [0.05, 0.1) is 0 Å². The van der Waals surface area contributed by atoms with Crippen molar-refractivity contribution in [3.63, 3.8) is 0 Å². The average Bonchev–Trinajstić information content (AvgIpc) is 2.76. The lowest BCUT2D eigenvalue weighted by molar-refractivity contribution is 0.262. The quantitative estimate of drug-likeness (QED) is 0.409. The molecule has 6 heteroatoms. The van der Waals surface area contributed by atoms with E-state index in [9.17, 15) is 4.79 Å². The summed E-state index contributed by atoms with van der Waals surface area (Å²) in [5.74, 6) is 2.16. The highest BCUT2D eigenvalue weighted by molar-refractivity contribution is 9.10. The number of anilines is 2. The van der Waals surface area contributed by atoms with Gasteiger partial charge >= 0.3 is 6.03 Å². The van der Waals surface area contributed by atoms with Crippen LogP contribution in [0.1, 0.15) is 17.5 Å². The van der Waals surface area contributed by atoms with E-state index in [1.807, 2.05) is 60.7 Å². The topological polar surface area (TPSA) is 53.6 Å². The number of rotatable bonds is 6. The molecule has 0 saturated heterocycles. The summed E-state index contributed by atoms with van der Waals surface area (Å²) in [6.45, 7) is 1.10. The number of urea groups is 1. The van der Waals surface area contributed by atoms with E-state index in [0.29, 0.717) is 17.4 Å². The van der Waals surface area contributed by atoms with Crippen LogP contribution in [0.3, 0.4) is 0 Å². The summed E-state index contributed by atoms with van der Waals surface area (Å²) in [6, 6.07) is 20.7. The minimum atomic E-state index is -0.269. The molecule has 2 N–H and O–H groups in total. The minimum Gasteiger partial charge on any atom is -0.457 e. The molecular formula is C26H28BrN3O2. The highest BCUT2D eigenvalue weighted by Crippen LogP contribution is 2.34. The van der Waals surface area contributed by atoms with E-state index < -0.39 is 0 Å². The summed E-state index contributed by atoms with van der Waals surface area (Å²) >= 11 is 3.72. The zero-order valence-electron chi connectivity index (χ0n) is 18.4. The van der Waals surface area contributed by atoms with Crippen LogP contribution in [0.2, 0.25) is 0 Å². The van der Waals surface area contributed by atoms with Gasteiger partial charge in [0.15, 0.2) is 0 Å². The van der Waals surface area contributed by atoms with Crippen LogP contribution < -0.4 is 15.4 Å². The number of carbonyl (C=O) groups excluding carboxylic acids is 1. The summed E-state index contributed by atoms with van der Waals surface area (Å²) in [7, 11) is 4.25. The molecule has 4 rings (SSSR count). The molecule has 1 aliphatic carbocycles. The molecule has 0 radical (unpaired) electrons. The van der Waals surface area contributed by atoms with Crippen LogP contribution in [0.4, 0.5) is 16.2 Å². The largest absolute Gasteiger partial charge is 0.457 e. The van der Waals surface area contributed by atoms with E-state index in [-0.39, 0.29) is 6.03 Å². The molecule has 0 fully saturated rings. The van der Waals surface area contributed by atoms with E-state index in [2.05, 4.69) is 51.6 Å². The lowest BCUT2D eigenvalue weighted by Crippen LogP contribution is -2.27. The van der Waals surface area contributed by atoms with E-state index in [1.54, 1.807) is 0 Å². The molecule has 0 spiro atoms. The molecule has 0 bridgehead atoms. The monoisotopic (exact) mass is 493 g/mol. The Hall–Kier alpha value is -2.83. The minimum absolute atomic E-state index is 0.269. The third-order valence-electron chi connectivity index (χ3n) is 5.57. The number of benzene rings is 3. The van der Waals surface area contributed by atoms with Gasteiger partial charge in [-0.05, 0) is 98.9 Å². The molecule has 1 atom stereocenters. The van der Waals surface area contributed by atoms with E-state index in [1.165, 1.54) is 17.5 Å². The Morgan fingerprint density at radius 1 is 1.00 bits per heavy atom. The van der Waals surface area contributed by atoms with E-state index in [0.717, 1.165) is 35.3 Å². The zero-order chi connectivity index (χ0) is 22.5. The highest BCUT2D eigenvalue weighted by Gasteiger charge is 2.22. The summed E-state index contributed by atoms with van der Waals surface area (Å²) in [5, 5.41) is 5.84. The van der Waals surface area contributed by atoms with Crippen LogP contribution in [-0.2, 0) is 12.8 Å². The van der Waals surface area contributed by atoms with Crippen molar-refractivity contribution in [2.75, 3.05) is 31.3 Å². The molecule has 166 valence electrons. The maximum Gasteiger partial charge on any atom is 0.323 e. The first kappa shape index (κ1) is 22.4. The third-order valence-corrected chi connectivity index (χ3v) is 6.28. The number of hydrogen-bond acceptors (Lipinski definition) is 3.